The maximum Gasteiger partial charge on any atom is 0 e. The second kappa shape index (κ2) is 6.10. The minimum absolute atomic E-state index is 0. The fourth-order valence-electron chi connectivity index (χ4n) is 2.67. The molecule has 0 spiro atoms. The average molecular weight is 219 g/mol. The predicted octanol–water partition coefficient (Wildman–Crippen LogP) is 4.06. The van der Waals surface area contributed by atoms with Crippen LogP contribution in [0.4, 0.5) is 0 Å². The van der Waals surface area contributed by atoms with E-state index in [0.29, 0.717) is 0 Å². The van der Waals surface area contributed by atoms with Gasteiger partial charge in [-0.25, -0.2) is 0 Å². The molecule has 0 aromatic heterocycles. The molecule has 1 saturated carbocycles. The Morgan fingerprint density at radius 3 is 2.46 bits per heavy atom. The van der Waals surface area contributed by atoms with Crippen LogP contribution in [-0.4, -0.2) is 0 Å². The third kappa shape index (κ3) is 3.64. The van der Waals surface area contributed by atoms with Crippen molar-refractivity contribution >= 4 is 0 Å². The van der Waals surface area contributed by atoms with Gasteiger partial charge in [0.25, 0.3) is 0 Å². The van der Waals surface area contributed by atoms with E-state index in [1.54, 1.807) is 5.92 Å². The molecule has 0 amide bonds. The molecule has 78 valence electrons. The monoisotopic (exact) mass is 219 g/mol. The summed E-state index contributed by atoms with van der Waals surface area (Å²) < 4.78 is 0. The van der Waals surface area contributed by atoms with E-state index in [9.17, 15) is 0 Å². The zero-order valence-electron chi connectivity index (χ0n) is 9.47. The topological polar surface area (TPSA) is 0 Å². The molecule has 0 unspecified atom stereocenters. The van der Waals surface area contributed by atoms with Gasteiger partial charge in [0.05, 0.1) is 0 Å². The first kappa shape index (κ1) is 13.5. The van der Waals surface area contributed by atoms with Gasteiger partial charge in [0.2, 0.25) is 0 Å². The molecular weight excluding hydrogens is 196 g/mol. The normalized spacial score (nSPS) is 30.2. The zero-order valence-corrected chi connectivity index (χ0v) is 10.7. The van der Waals surface area contributed by atoms with Gasteiger partial charge in [-0.3, -0.25) is 0 Å². The van der Waals surface area contributed by atoms with Gasteiger partial charge in [0.15, 0.2) is 0 Å². The fourth-order valence-corrected chi connectivity index (χ4v) is 2.67. The third-order valence-electron chi connectivity index (χ3n) is 3.50. The second-order valence-corrected chi connectivity index (χ2v) is 4.78. The van der Waals surface area contributed by atoms with Crippen molar-refractivity contribution in [2.24, 2.45) is 17.8 Å². The van der Waals surface area contributed by atoms with E-state index in [2.05, 4.69) is 27.7 Å². The Morgan fingerprint density at radius 2 is 2.00 bits per heavy atom. The van der Waals surface area contributed by atoms with Crippen LogP contribution in [0.2, 0.25) is 0 Å². The molecule has 13 heavy (non-hydrogen) atoms. The van der Waals surface area contributed by atoms with Crippen LogP contribution in [0.1, 0.15) is 53.4 Å². The second-order valence-electron chi connectivity index (χ2n) is 4.78. The molecule has 0 aromatic rings. The SMILES string of the molecule is CC[C@H]1C[C-](C)CC[C@H]1C(C)C.[Cr]. The van der Waals surface area contributed by atoms with E-state index < -0.39 is 0 Å². The molecule has 1 aliphatic carbocycles. The van der Waals surface area contributed by atoms with Crippen LogP contribution in [0, 0.1) is 23.7 Å². The van der Waals surface area contributed by atoms with Gasteiger partial charge in [-0.2, -0.15) is 19.8 Å². The molecule has 1 rings (SSSR count). The molecule has 0 saturated heterocycles. The van der Waals surface area contributed by atoms with Crippen molar-refractivity contribution < 1.29 is 17.4 Å². The van der Waals surface area contributed by atoms with Crippen LogP contribution < -0.4 is 0 Å². The van der Waals surface area contributed by atoms with Crippen LogP contribution in [0.5, 0.6) is 0 Å². The van der Waals surface area contributed by atoms with Crippen LogP contribution in [0.15, 0.2) is 0 Å². The van der Waals surface area contributed by atoms with Crippen molar-refractivity contribution in [2.45, 2.75) is 53.4 Å². The minimum Gasteiger partial charge on any atom is -0.316 e. The quantitative estimate of drug-likeness (QED) is 0.614. The largest absolute Gasteiger partial charge is 0.316 e. The Balaban J connectivity index is 0.00000144. The smallest absolute Gasteiger partial charge is 0 e. The first-order chi connectivity index (χ1) is 5.65. The third-order valence-corrected chi connectivity index (χ3v) is 3.50. The van der Waals surface area contributed by atoms with Gasteiger partial charge in [-0.1, -0.05) is 39.5 Å². The predicted molar refractivity (Wildman–Crippen MR) is 54.9 cm³/mol. The van der Waals surface area contributed by atoms with E-state index in [1.807, 2.05) is 0 Å². The average Bonchev–Trinajstić information content (AvgIpc) is 2.03. The summed E-state index contributed by atoms with van der Waals surface area (Å²) in [5.41, 5.74) is 0. The van der Waals surface area contributed by atoms with E-state index in [1.165, 1.54) is 25.7 Å². The Kier molecular flexibility index (Phi) is 6.35. The van der Waals surface area contributed by atoms with Crippen LogP contribution >= 0.6 is 0 Å². The Morgan fingerprint density at radius 1 is 1.38 bits per heavy atom. The van der Waals surface area contributed by atoms with Crippen molar-refractivity contribution in [3.05, 3.63) is 5.92 Å². The van der Waals surface area contributed by atoms with E-state index in [0.717, 1.165) is 17.8 Å². The standard InChI is InChI=1S/C12H23.Cr/c1-5-11-8-10(4)6-7-12(11)9(2)3;/h9,11-12H,5-8H2,1-4H3;/q-1;/t11-,12-;/m0./s1. The molecular formula is C12H23Cr-. The van der Waals surface area contributed by atoms with Crippen molar-refractivity contribution in [3.63, 3.8) is 0 Å². The molecule has 0 radical (unpaired) electrons. The van der Waals surface area contributed by atoms with Gasteiger partial charge in [-0.05, 0) is 11.8 Å². The van der Waals surface area contributed by atoms with Gasteiger partial charge < -0.3 is 5.92 Å². The van der Waals surface area contributed by atoms with Gasteiger partial charge >= 0.3 is 0 Å². The Bertz CT molecular complexity index is 131. The number of rotatable bonds is 2. The fraction of sp³-hybridized carbons (Fsp3) is 0.917. The maximum atomic E-state index is 2.38. The van der Waals surface area contributed by atoms with Crippen molar-refractivity contribution in [2.75, 3.05) is 0 Å². The molecule has 0 aromatic carbocycles. The molecule has 1 aliphatic rings. The number of hydrogen-bond acceptors (Lipinski definition) is 0. The summed E-state index contributed by atoms with van der Waals surface area (Å²) >= 11 is 0. The zero-order chi connectivity index (χ0) is 9.14. The van der Waals surface area contributed by atoms with Crippen molar-refractivity contribution in [3.8, 4) is 0 Å². The molecule has 1 fully saturated rings. The molecule has 0 N–H and O–H groups in total. The molecule has 0 aliphatic heterocycles. The van der Waals surface area contributed by atoms with E-state index in [4.69, 9.17) is 0 Å². The molecule has 1 heteroatoms. The summed E-state index contributed by atoms with van der Waals surface area (Å²) in [4.78, 5) is 0. The summed E-state index contributed by atoms with van der Waals surface area (Å²) in [6.45, 7) is 9.44. The summed E-state index contributed by atoms with van der Waals surface area (Å²) in [5.74, 6) is 4.61. The van der Waals surface area contributed by atoms with Gasteiger partial charge in [0, 0.05) is 17.4 Å². The number of hydrogen-bond donors (Lipinski definition) is 0. The summed E-state index contributed by atoms with van der Waals surface area (Å²) in [7, 11) is 0. The Labute approximate surface area is 94.6 Å². The molecule has 2 atom stereocenters. The van der Waals surface area contributed by atoms with Gasteiger partial charge in [0.1, 0.15) is 0 Å². The van der Waals surface area contributed by atoms with Gasteiger partial charge in [-0.15, -0.1) is 0 Å². The summed E-state index contributed by atoms with van der Waals surface area (Å²) in [5, 5.41) is 0. The molecule has 0 nitrogen and oxygen atoms in total. The molecule has 0 heterocycles. The van der Waals surface area contributed by atoms with Crippen molar-refractivity contribution in [1.82, 2.24) is 0 Å². The first-order valence-corrected chi connectivity index (χ1v) is 5.46. The van der Waals surface area contributed by atoms with E-state index >= 15 is 0 Å². The summed E-state index contributed by atoms with van der Waals surface area (Å²) in [6.07, 6.45) is 5.61. The van der Waals surface area contributed by atoms with Crippen LogP contribution in [-0.2, 0) is 17.4 Å². The Hall–Kier alpha value is 0.532. The maximum absolute atomic E-state index is 2.38. The minimum atomic E-state index is 0. The molecule has 0 bridgehead atoms. The summed E-state index contributed by atoms with van der Waals surface area (Å²) in [6, 6.07) is 0. The van der Waals surface area contributed by atoms with Crippen molar-refractivity contribution in [1.29, 1.82) is 0 Å². The van der Waals surface area contributed by atoms with Crippen LogP contribution in [0.3, 0.4) is 0 Å². The first-order valence-electron chi connectivity index (χ1n) is 5.46. The van der Waals surface area contributed by atoms with E-state index in [-0.39, 0.29) is 17.4 Å². The van der Waals surface area contributed by atoms with Crippen LogP contribution in [0.25, 0.3) is 0 Å².